The van der Waals surface area contributed by atoms with Gasteiger partial charge in [-0.25, -0.2) is 9.59 Å². The Hall–Kier alpha value is -1.79. The molecule has 1 heterocycles. The molecule has 0 aromatic heterocycles. The number of ether oxygens (including phenoxy) is 1. The highest BCUT2D eigenvalue weighted by Crippen LogP contribution is 2.23. The van der Waals surface area contributed by atoms with Crippen LogP contribution in [0.25, 0.3) is 0 Å². The molecular weight excluding hydrogens is 284 g/mol. The van der Waals surface area contributed by atoms with Crippen LogP contribution in [0.3, 0.4) is 0 Å². The first kappa shape index (κ1) is 14.6. The third kappa shape index (κ3) is 3.20. The molecule has 20 heavy (non-hydrogen) atoms. The molecule has 0 saturated carbocycles. The van der Waals surface area contributed by atoms with Crippen LogP contribution in [-0.2, 0) is 9.53 Å². The molecule has 1 aliphatic rings. The molecule has 2 amide bonds. The van der Waals surface area contributed by atoms with Gasteiger partial charge < -0.3 is 20.1 Å². The van der Waals surface area contributed by atoms with E-state index in [1.165, 1.54) is 4.90 Å². The molecule has 108 valence electrons. The summed E-state index contributed by atoms with van der Waals surface area (Å²) in [6.07, 6.45) is 0. The number of hydrogen-bond donors (Lipinski definition) is 2. The third-order valence-electron chi connectivity index (χ3n) is 3.04. The van der Waals surface area contributed by atoms with Crippen LogP contribution in [0.4, 0.5) is 10.5 Å². The van der Waals surface area contributed by atoms with Gasteiger partial charge in [0.1, 0.15) is 0 Å². The Morgan fingerprint density at radius 2 is 2.25 bits per heavy atom. The predicted octanol–water partition coefficient (Wildman–Crippen LogP) is 1.97. The molecule has 0 bridgehead atoms. The number of aryl methyl sites for hydroxylation is 1. The van der Waals surface area contributed by atoms with E-state index in [1.54, 1.807) is 12.1 Å². The van der Waals surface area contributed by atoms with Gasteiger partial charge in [-0.05, 0) is 24.6 Å². The van der Waals surface area contributed by atoms with Gasteiger partial charge in [0, 0.05) is 6.54 Å². The van der Waals surface area contributed by atoms with Crippen molar-refractivity contribution in [1.82, 2.24) is 4.90 Å². The molecule has 2 N–H and O–H groups in total. The molecule has 7 heteroatoms. The van der Waals surface area contributed by atoms with Gasteiger partial charge >= 0.3 is 12.0 Å². The molecule has 0 spiro atoms. The highest BCUT2D eigenvalue weighted by Gasteiger charge is 2.32. The second kappa shape index (κ2) is 6.11. The number of hydrogen-bond acceptors (Lipinski definition) is 3. The van der Waals surface area contributed by atoms with E-state index in [9.17, 15) is 9.59 Å². The van der Waals surface area contributed by atoms with E-state index in [4.69, 9.17) is 21.4 Å². The zero-order chi connectivity index (χ0) is 14.7. The van der Waals surface area contributed by atoms with Gasteiger partial charge in [-0.2, -0.15) is 0 Å². The largest absolute Gasteiger partial charge is 0.480 e. The van der Waals surface area contributed by atoms with Crippen LogP contribution in [0.5, 0.6) is 0 Å². The van der Waals surface area contributed by atoms with Crippen LogP contribution in [0.1, 0.15) is 5.56 Å². The summed E-state index contributed by atoms with van der Waals surface area (Å²) < 4.78 is 5.09. The molecule has 1 atom stereocenters. The van der Waals surface area contributed by atoms with E-state index < -0.39 is 18.0 Å². The number of carbonyl (C=O) groups excluding carboxylic acids is 1. The fourth-order valence-corrected chi connectivity index (χ4v) is 2.14. The van der Waals surface area contributed by atoms with Crippen LogP contribution < -0.4 is 5.32 Å². The Bertz CT molecular complexity index is 535. The first-order valence-corrected chi connectivity index (χ1v) is 6.51. The van der Waals surface area contributed by atoms with Gasteiger partial charge in [0.25, 0.3) is 0 Å². The molecule has 0 aliphatic carbocycles. The standard InChI is InChI=1S/C13H15ClN2O4/c1-8-2-3-9(14)10(6-8)15-13(19)16-4-5-20-7-11(16)12(17)18/h2-3,6,11H,4-5,7H2,1H3,(H,15,19)(H,17,18). The Kier molecular flexibility index (Phi) is 4.46. The molecule has 2 rings (SSSR count). The van der Waals surface area contributed by atoms with Crippen LogP contribution in [-0.4, -0.2) is 47.8 Å². The van der Waals surface area contributed by atoms with Crippen molar-refractivity contribution in [3.63, 3.8) is 0 Å². The molecule has 1 fully saturated rings. The van der Waals surface area contributed by atoms with Crippen molar-refractivity contribution in [2.75, 3.05) is 25.1 Å². The zero-order valence-electron chi connectivity index (χ0n) is 10.9. The van der Waals surface area contributed by atoms with E-state index in [0.717, 1.165) is 5.56 Å². The summed E-state index contributed by atoms with van der Waals surface area (Å²) in [6, 6.07) is 3.77. The van der Waals surface area contributed by atoms with Crippen LogP contribution in [0.15, 0.2) is 18.2 Å². The molecule has 1 aliphatic heterocycles. The minimum absolute atomic E-state index is 0.00962. The number of nitrogens with one attached hydrogen (secondary N) is 1. The van der Waals surface area contributed by atoms with Gasteiger partial charge in [0.2, 0.25) is 0 Å². The molecule has 6 nitrogen and oxygen atoms in total. The normalized spacial score (nSPS) is 18.7. The number of amides is 2. The van der Waals surface area contributed by atoms with Crippen molar-refractivity contribution in [1.29, 1.82) is 0 Å². The number of morpholine rings is 1. The van der Waals surface area contributed by atoms with Gasteiger partial charge in [0.05, 0.1) is 23.9 Å². The average molecular weight is 299 g/mol. The first-order valence-electron chi connectivity index (χ1n) is 6.13. The monoisotopic (exact) mass is 298 g/mol. The summed E-state index contributed by atoms with van der Waals surface area (Å²) in [6.45, 7) is 2.41. The van der Waals surface area contributed by atoms with E-state index in [-0.39, 0.29) is 13.2 Å². The van der Waals surface area contributed by atoms with Crippen LogP contribution >= 0.6 is 11.6 Å². The van der Waals surface area contributed by atoms with Crippen molar-refractivity contribution in [2.45, 2.75) is 13.0 Å². The van der Waals surface area contributed by atoms with Crippen molar-refractivity contribution < 1.29 is 19.4 Å². The maximum atomic E-state index is 12.2. The van der Waals surface area contributed by atoms with E-state index >= 15 is 0 Å². The summed E-state index contributed by atoms with van der Waals surface area (Å²) in [5.74, 6) is -1.09. The Labute approximate surface area is 121 Å². The van der Waals surface area contributed by atoms with Crippen molar-refractivity contribution in [2.24, 2.45) is 0 Å². The van der Waals surface area contributed by atoms with Gasteiger partial charge in [-0.15, -0.1) is 0 Å². The number of carboxylic acid groups (broad SMARTS) is 1. The maximum absolute atomic E-state index is 12.2. The molecule has 1 aromatic rings. The number of carbonyl (C=O) groups is 2. The predicted molar refractivity (Wildman–Crippen MR) is 74.2 cm³/mol. The van der Waals surface area contributed by atoms with E-state index in [2.05, 4.69) is 5.32 Å². The lowest BCUT2D eigenvalue weighted by Crippen LogP contribution is -2.53. The zero-order valence-corrected chi connectivity index (χ0v) is 11.7. The summed E-state index contributed by atoms with van der Waals surface area (Å²) in [5, 5.41) is 12.1. The topological polar surface area (TPSA) is 78.9 Å². The van der Waals surface area contributed by atoms with Crippen LogP contribution in [0, 0.1) is 6.92 Å². The molecule has 1 unspecified atom stereocenters. The SMILES string of the molecule is Cc1ccc(Cl)c(NC(=O)N2CCOCC2C(=O)O)c1. The lowest BCUT2D eigenvalue weighted by molar-refractivity contribution is -0.147. The highest BCUT2D eigenvalue weighted by atomic mass is 35.5. The number of aliphatic carboxylic acids is 1. The van der Waals surface area contributed by atoms with Crippen LogP contribution in [0.2, 0.25) is 5.02 Å². The Morgan fingerprint density at radius 3 is 2.95 bits per heavy atom. The summed E-state index contributed by atoms with van der Waals surface area (Å²) in [7, 11) is 0. The first-order chi connectivity index (χ1) is 9.49. The second-order valence-corrected chi connectivity index (χ2v) is 4.94. The Morgan fingerprint density at radius 1 is 1.50 bits per heavy atom. The lowest BCUT2D eigenvalue weighted by Gasteiger charge is -2.32. The summed E-state index contributed by atoms with van der Waals surface area (Å²) in [5.41, 5.74) is 1.41. The highest BCUT2D eigenvalue weighted by molar-refractivity contribution is 6.33. The van der Waals surface area contributed by atoms with Gasteiger partial charge in [-0.3, -0.25) is 0 Å². The molecule has 1 aromatic carbocycles. The number of rotatable bonds is 2. The summed E-state index contributed by atoms with van der Waals surface area (Å²) in [4.78, 5) is 24.5. The van der Waals surface area contributed by atoms with Crippen molar-refractivity contribution >= 4 is 29.3 Å². The van der Waals surface area contributed by atoms with Gasteiger partial charge in [-0.1, -0.05) is 17.7 Å². The molecular formula is C13H15ClN2O4. The number of halogens is 1. The lowest BCUT2D eigenvalue weighted by atomic mass is 10.2. The van der Waals surface area contributed by atoms with E-state index in [0.29, 0.717) is 17.3 Å². The minimum Gasteiger partial charge on any atom is -0.480 e. The average Bonchev–Trinajstić information content (AvgIpc) is 2.42. The fourth-order valence-electron chi connectivity index (χ4n) is 1.97. The number of nitrogens with zero attached hydrogens (tertiary/aromatic N) is 1. The quantitative estimate of drug-likeness (QED) is 0.875. The van der Waals surface area contributed by atoms with Crippen molar-refractivity contribution in [3.05, 3.63) is 28.8 Å². The fraction of sp³-hybridized carbons (Fsp3) is 0.385. The Balaban J connectivity index is 2.14. The molecule has 1 saturated heterocycles. The number of carboxylic acids is 1. The maximum Gasteiger partial charge on any atom is 0.328 e. The number of benzene rings is 1. The smallest absolute Gasteiger partial charge is 0.328 e. The number of urea groups is 1. The summed E-state index contributed by atoms with van der Waals surface area (Å²) >= 11 is 6.00. The number of anilines is 1. The van der Waals surface area contributed by atoms with E-state index in [1.807, 2.05) is 13.0 Å². The minimum atomic E-state index is -1.09. The second-order valence-electron chi connectivity index (χ2n) is 4.54. The van der Waals surface area contributed by atoms with Crippen molar-refractivity contribution in [3.8, 4) is 0 Å². The molecule has 0 radical (unpaired) electrons. The van der Waals surface area contributed by atoms with Gasteiger partial charge in [0.15, 0.2) is 6.04 Å². The third-order valence-corrected chi connectivity index (χ3v) is 3.37.